The molecule has 1 rings (SSSR count). The van der Waals surface area contributed by atoms with E-state index in [-0.39, 0.29) is 10.6 Å². The van der Waals surface area contributed by atoms with Gasteiger partial charge in [0.1, 0.15) is 6.61 Å². The standard InChI is InChI=1S/C10H11ClF2N2O2/c11-8-2-1-6(14)3-7(8)9(17)15-4-10(12,13)5-16/h1-3,16H,4-5,14H2,(H,15,17). The molecule has 4 nitrogen and oxygen atoms in total. The topological polar surface area (TPSA) is 75.4 Å². The van der Waals surface area contributed by atoms with Crippen LogP contribution >= 0.6 is 11.6 Å². The quantitative estimate of drug-likeness (QED) is 0.717. The first kappa shape index (κ1) is 13.7. The molecule has 1 aromatic rings. The number of anilines is 1. The molecule has 4 N–H and O–H groups in total. The number of nitrogens with two attached hydrogens (primary N) is 1. The molecule has 1 aromatic carbocycles. The number of carbonyl (C=O) groups is 1. The highest BCUT2D eigenvalue weighted by molar-refractivity contribution is 6.34. The molecule has 94 valence electrons. The minimum absolute atomic E-state index is 0.0143. The first-order valence-electron chi connectivity index (χ1n) is 4.67. The van der Waals surface area contributed by atoms with Gasteiger partial charge >= 0.3 is 0 Å². The van der Waals surface area contributed by atoms with Crippen molar-refractivity contribution >= 4 is 23.2 Å². The van der Waals surface area contributed by atoms with Gasteiger partial charge in [-0.25, -0.2) is 8.78 Å². The van der Waals surface area contributed by atoms with E-state index in [4.69, 9.17) is 22.4 Å². The van der Waals surface area contributed by atoms with Gasteiger partial charge in [-0.3, -0.25) is 4.79 Å². The van der Waals surface area contributed by atoms with Crippen molar-refractivity contribution in [3.8, 4) is 0 Å². The van der Waals surface area contributed by atoms with Crippen LogP contribution in [0, 0.1) is 0 Å². The van der Waals surface area contributed by atoms with Crippen LogP contribution in [-0.4, -0.2) is 30.1 Å². The van der Waals surface area contributed by atoms with E-state index < -0.39 is 25.0 Å². The maximum absolute atomic E-state index is 12.7. The van der Waals surface area contributed by atoms with Crippen molar-refractivity contribution in [3.63, 3.8) is 0 Å². The molecule has 0 fully saturated rings. The third-order valence-corrected chi connectivity index (χ3v) is 2.30. The van der Waals surface area contributed by atoms with Gasteiger partial charge in [0.2, 0.25) is 0 Å². The zero-order chi connectivity index (χ0) is 13.1. The van der Waals surface area contributed by atoms with Crippen LogP contribution in [0.5, 0.6) is 0 Å². The van der Waals surface area contributed by atoms with E-state index in [9.17, 15) is 13.6 Å². The maximum Gasteiger partial charge on any atom is 0.287 e. The Morgan fingerprint density at radius 2 is 2.18 bits per heavy atom. The highest BCUT2D eigenvalue weighted by Crippen LogP contribution is 2.19. The summed E-state index contributed by atoms with van der Waals surface area (Å²) in [5.41, 5.74) is 5.76. The largest absolute Gasteiger partial charge is 0.399 e. The third kappa shape index (κ3) is 3.83. The van der Waals surface area contributed by atoms with E-state index in [0.717, 1.165) is 0 Å². The minimum atomic E-state index is -3.36. The van der Waals surface area contributed by atoms with Gasteiger partial charge < -0.3 is 16.2 Å². The predicted octanol–water partition coefficient (Wildman–Crippen LogP) is 1.28. The summed E-state index contributed by atoms with van der Waals surface area (Å²) in [6.45, 7) is -2.30. The second-order valence-corrected chi connectivity index (χ2v) is 3.84. The molecule has 0 saturated carbocycles. The summed E-state index contributed by atoms with van der Waals surface area (Å²) in [7, 11) is 0. The molecule has 0 atom stereocenters. The molecule has 0 spiro atoms. The molecule has 0 aromatic heterocycles. The molecule has 0 aliphatic rings. The number of rotatable bonds is 4. The number of hydrogen-bond donors (Lipinski definition) is 3. The molecule has 7 heteroatoms. The molecular weight excluding hydrogens is 254 g/mol. The van der Waals surface area contributed by atoms with Crippen LogP contribution in [0.25, 0.3) is 0 Å². The van der Waals surface area contributed by atoms with Crippen LogP contribution in [0.3, 0.4) is 0 Å². The number of aliphatic hydroxyl groups is 1. The summed E-state index contributed by atoms with van der Waals surface area (Å²) in [5.74, 6) is -4.13. The summed E-state index contributed by atoms with van der Waals surface area (Å²) in [4.78, 5) is 11.5. The Labute approximate surface area is 101 Å². The normalized spacial score (nSPS) is 11.3. The SMILES string of the molecule is Nc1ccc(Cl)c(C(=O)NCC(F)(F)CO)c1. The van der Waals surface area contributed by atoms with Gasteiger partial charge in [0.05, 0.1) is 17.1 Å². The van der Waals surface area contributed by atoms with E-state index in [1.807, 2.05) is 5.32 Å². The molecule has 0 radical (unpaired) electrons. The molecule has 0 heterocycles. The Morgan fingerprint density at radius 1 is 1.53 bits per heavy atom. The second-order valence-electron chi connectivity index (χ2n) is 3.44. The second kappa shape index (κ2) is 5.29. The number of alkyl halides is 2. The number of aliphatic hydroxyl groups excluding tert-OH is 1. The van der Waals surface area contributed by atoms with E-state index in [0.29, 0.717) is 5.69 Å². The van der Waals surface area contributed by atoms with Crippen LogP contribution in [0.1, 0.15) is 10.4 Å². The van der Waals surface area contributed by atoms with Crippen molar-refractivity contribution < 1.29 is 18.7 Å². The van der Waals surface area contributed by atoms with Gasteiger partial charge in [0.25, 0.3) is 11.8 Å². The zero-order valence-electron chi connectivity index (χ0n) is 8.71. The van der Waals surface area contributed by atoms with Crippen molar-refractivity contribution in [1.29, 1.82) is 0 Å². The Kier molecular flexibility index (Phi) is 4.25. The summed E-state index contributed by atoms with van der Waals surface area (Å²) >= 11 is 5.72. The number of benzene rings is 1. The van der Waals surface area contributed by atoms with Crippen LogP contribution in [0.4, 0.5) is 14.5 Å². The summed E-state index contributed by atoms with van der Waals surface area (Å²) in [6.07, 6.45) is 0. The highest BCUT2D eigenvalue weighted by atomic mass is 35.5. The lowest BCUT2D eigenvalue weighted by molar-refractivity contribution is -0.0462. The summed E-state index contributed by atoms with van der Waals surface area (Å²) in [6, 6.07) is 4.17. The van der Waals surface area contributed by atoms with Crippen molar-refractivity contribution in [2.24, 2.45) is 0 Å². The molecule has 0 aliphatic heterocycles. The smallest absolute Gasteiger partial charge is 0.287 e. The Hall–Kier alpha value is -1.40. The van der Waals surface area contributed by atoms with E-state index >= 15 is 0 Å². The van der Waals surface area contributed by atoms with Gasteiger partial charge in [-0.15, -0.1) is 0 Å². The van der Waals surface area contributed by atoms with Crippen molar-refractivity contribution in [1.82, 2.24) is 5.32 Å². The first-order valence-corrected chi connectivity index (χ1v) is 5.05. The number of amides is 1. The fourth-order valence-electron chi connectivity index (χ4n) is 1.08. The third-order valence-electron chi connectivity index (χ3n) is 1.97. The van der Waals surface area contributed by atoms with Crippen molar-refractivity contribution in [2.75, 3.05) is 18.9 Å². The van der Waals surface area contributed by atoms with E-state index in [1.165, 1.54) is 18.2 Å². The number of halogens is 3. The number of nitrogens with one attached hydrogen (secondary N) is 1. The fourth-order valence-corrected chi connectivity index (χ4v) is 1.28. The lowest BCUT2D eigenvalue weighted by atomic mass is 10.2. The van der Waals surface area contributed by atoms with Gasteiger partial charge in [0.15, 0.2) is 0 Å². The molecule has 1 amide bonds. The zero-order valence-corrected chi connectivity index (χ0v) is 9.47. The summed E-state index contributed by atoms with van der Waals surface area (Å²) < 4.78 is 25.4. The molecule has 0 saturated heterocycles. The predicted molar refractivity (Wildman–Crippen MR) is 60.2 cm³/mol. The van der Waals surface area contributed by atoms with Crippen LogP contribution < -0.4 is 11.1 Å². The Bertz CT molecular complexity index is 427. The van der Waals surface area contributed by atoms with Crippen LogP contribution in [0.15, 0.2) is 18.2 Å². The Morgan fingerprint density at radius 3 is 2.76 bits per heavy atom. The molecule has 0 bridgehead atoms. The summed E-state index contributed by atoms with van der Waals surface area (Å²) in [5, 5.41) is 10.4. The fraction of sp³-hybridized carbons (Fsp3) is 0.300. The van der Waals surface area contributed by atoms with Crippen LogP contribution in [0.2, 0.25) is 5.02 Å². The molecule has 0 unspecified atom stereocenters. The average Bonchev–Trinajstić information content (AvgIpc) is 2.29. The monoisotopic (exact) mass is 264 g/mol. The van der Waals surface area contributed by atoms with Gasteiger partial charge in [-0.05, 0) is 18.2 Å². The molecule has 0 aliphatic carbocycles. The van der Waals surface area contributed by atoms with Crippen LogP contribution in [-0.2, 0) is 0 Å². The number of carbonyl (C=O) groups excluding carboxylic acids is 1. The maximum atomic E-state index is 12.7. The van der Waals surface area contributed by atoms with Gasteiger partial charge in [-0.1, -0.05) is 11.6 Å². The van der Waals surface area contributed by atoms with Crippen molar-refractivity contribution in [2.45, 2.75) is 5.92 Å². The lowest BCUT2D eigenvalue weighted by Crippen LogP contribution is -2.39. The van der Waals surface area contributed by atoms with E-state index in [2.05, 4.69) is 0 Å². The van der Waals surface area contributed by atoms with E-state index in [1.54, 1.807) is 0 Å². The lowest BCUT2D eigenvalue weighted by Gasteiger charge is -2.14. The molecular formula is C10H11ClF2N2O2. The average molecular weight is 265 g/mol. The minimum Gasteiger partial charge on any atom is -0.399 e. The van der Waals surface area contributed by atoms with Gasteiger partial charge in [-0.2, -0.15) is 0 Å². The number of nitrogen functional groups attached to an aromatic ring is 1. The first-order chi connectivity index (χ1) is 7.85. The van der Waals surface area contributed by atoms with Gasteiger partial charge in [0, 0.05) is 5.69 Å². The molecule has 17 heavy (non-hydrogen) atoms. The highest BCUT2D eigenvalue weighted by Gasteiger charge is 2.28. The Balaban J connectivity index is 2.74. The number of hydrogen-bond acceptors (Lipinski definition) is 3. The van der Waals surface area contributed by atoms with Crippen molar-refractivity contribution in [3.05, 3.63) is 28.8 Å².